The van der Waals surface area contributed by atoms with Crippen LogP contribution < -0.4 is 38.6 Å². The molecule has 0 atom stereocenters. The summed E-state index contributed by atoms with van der Waals surface area (Å²) in [5.41, 5.74) is 1.86. The molecule has 0 fully saturated rings. The van der Waals surface area contributed by atoms with Crippen LogP contribution in [0.4, 0.5) is 45.0 Å². The van der Waals surface area contributed by atoms with E-state index in [0.29, 0.717) is 16.5 Å². The number of hydrogen-bond donors (Lipinski definition) is 4. The molecule has 4 aromatic heterocycles. The Labute approximate surface area is 495 Å². The van der Waals surface area contributed by atoms with E-state index in [9.17, 15) is 65.5 Å². The molecule has 5 N–H and O–H groups in total. The maximum atomic E-state index is 13.2. The number of ether oxygens (including phenoxy) is 2. The Balaban J connectivity index is 0.000000214. The van der Waals surface area contributed by atoms with Gasteiger partial charge in [-0.1, -0.05) is 11.8 Å². The molecule has 8 rings (SSSR count). The number of nitrogens with zero attached hydrogens (tertiary/aromatic N) is 8. The third-order valence-corrected chi connectivity index (χ3v) is 11.6. The summed E-state index contributed by atoms with van der Waals surface area (Å²) < 4.78 is 66.5. The zero-order chi connectivity index (χ0) is 64.8. The molecule has 4 heterocycles. The van der Waals surface area contributed by atoms with Gasteiger partial charge in [0.15, 0.2) is 22.5 Å². The number of amides is 2. The summed E-state index contributed by atoms with van der Waals surface area (Å²) in [6, 6.07) is 20.3. The number of benzene rings is 4. The monoisotopic (exact) mass is 1220 g/mol. The van der Waals surface area contributed by atoms with Crippen LogP contribution in [0.1, 0.15) is 104 Å². The number of Topliss-reactive ketones (excluding diaryl/α,β-unsaturated/α-hetero) is 3. The minimum atomic E-state index is -1.47. The van der Waals surface area contributed by atoms with Crippen LogP contribution in [0.3, 0.4) is 0 Å². The van der Waals surface area contributed by atoms with Crippen molar-refractivity contribution in [2.24, 2.45) is 0 Å². The standard InChI is InChI=1S/C17H18FN3O4.C16H16FN3O5.C13H11FN2O2S.C12H10FN3O2/c1-10(22)13-9-19-15(20-16(24)25-17(2,3)4)21(14(13)23)12-7-5-11(18)6-8-12;1-16(2,3)25-15(24)19-14-18-8-11(13(22)23)12(21)20(14)10-6-4-9(17)5-7-10;1-8(17)11-7-15-13(19-2)16(12(11)18)10-5-3-9(14)4-6-10;1-7(17)10-6-15-12(14)16(11(10)18)9-4-2-8(13)3-5-9/h5-9H,1-4H3,(H,19,20,24);4-8H,1-3H3,(H,22,23)(H,18,19,24);3-7H,1-2H3;2-6H,1H3,(H2,14,15). The van der Waals surface area contributed by atoms with Crippen LogP contribution in [0.2, 0.25) is 0 Å². The van der Waals surface area contributed by atoms with Crippen molar-refractivity contribution in [2.75, 3.05) is 22.6 Å². The van der Waals surface area contributed by atoms with E-state index in [2.05, 4.69) is 30.6 Å². The molecule has 29 heteroatoms. The van der Waals surface area contributed by atoms with Crippen molar-refractivity contribution in [3.63, 3.8) is 0 Å². The van der Waals surface area contributed by atoms with Gasteiger partial charge in [0.2, 0.25) is 17.8 Å². The Morgan fingerprint density at radius 2 is 0.736 bits per heavy atom. The van der Waals surface area contributed by atoms with Crippen molar-refractivity contribution in [1.82, 2.24) is 38.2 Å². The van der Waals surface area contributed by atoms with Gasteiger partial charge in [0.25, 0.3) is 22.2 Å². The number of anilines is 3. The van der Waals surface area contributed by atoms with Gasteiger partial charge in [-0.2, -0.15) is 0 Å². The molecule has 24 nitrogen and oxygen atoms in total. The van der Waals surface area contributed by atoms with E-state index in [0.717, 1.165) is 56.6 Å². The van der Waals surface area contributed by atoms with Crippen molar-refractivity contribution in [1.29, 1.82) is 0 Å². The summed E-state index contributed by atoms with van der Waals surface area (Å²) in [4.78, 5) is 134. The minimum absolute atomic E-state index is 0.0159. The molecule has 0 saturated carbocycles. The number of aromatic nitrogens is 8. The van der Waals surface area contributed by atoms with E-state index < -0.39 is 92.0 Å². The number of thioether (sulfide) groups is 1. The zero-order valence-electron chi connectivity index (χ0n) is 48.0. The number of rotatable bonds is 11. The molecule has 454 valence electrons. The highest BCUT2D eigenvalue weighted by molar-refractivity contribution is 7.98. The molecule has 0 unspecified atom stereocenters. The summed E-state index contributed by atoms with van der Waals surface area (Å²) >= 11 is 1.28. The molecule has 0 aliphatic carbocycles. The van der Waals surface area contributed by atoms with Gasteiger partial charge in [-0.15, -0.1) is 0 Å². The maximum absolute atomic E-state index is 13.2. The number of carbonyl (C=O) groups excluding carboxylic acids is 5. The Hall–Kier alpha value is -10.7. The van der Waals surface area contributed by atoms with Crippen LogP contribution in [0.5, 0.6) is 0 Å². The predicted molar refractivity (Wildman–Crippen MR) is 312 cm³/mol. The van der Waals surface area contributed by atoms with Crippen LogP contribution >= 0.6 is 11.8 Å². The van der Waals surface area contributed by atoms with E-state index in [-0.39, 0.29) is 51.7 Å². The van der Waals surface area contributed by atoms with Crippen molar-refractivity contribution in [3.8, 4) is 22.7 Å². The minimum Gasteiger partial charge on any atom is -0.477 e. The number of halogens is 4. The zero-order valence-corrected chi connectivity index (χ0v) is 48.8. The van der Waals surface area contributed by atoms with Crippen LogP contribution in [0.25, 0.3) is 22.7 Å². The Bertz CT molecular complexity index is 4000. The third kappa shape index (κ3) is 18.1. The first-order chi connectivity index (χ1) is 40.7. The molecule has 0 aliphatic rings. The molecule has 0 aliphatic heterocycles. The molecule has 4 aromatic carbocycles. The highest BCUT2D eigenvalue weighted by atomic mass is 32.2. The first-order valence-corrected chi connectivity index (χ1v) is 26.5. The second-order valence-corrected chi connectivity index (χ2v) is 20.6. The quantitative estimate of drug-likeness (QED) is 0.0406. The van der Waals surface area contributed by atoms with Crippen molar-refractivity contribution in [3.05, 3.63) is 209 Å². The lowest BCUT2D eigenvalue weighted by Crippen LogP contribution is -2.32. The van der Waals surface area contributed by atoms with E-state index in [4.69, 9.17) is 20.3 Å². The van der Waals surface area contributed by atoms with Crippen LogP contribution in [0.15, 0.2) is 146 Å². The van der Waals surface area contributed by atoms with Crippen molar-refractivity contribution in [2.45, 2.75) is 78.7 Å². The smallest absolute Gasteiger partial charge is 0.414 e. The highest BCUT2D eigenvalue weighted by Gasteiger charge is 2.24. The number of ketones is 3. The lowest BCUT2D eigenvalue weighted by atomic mass is 10.2. The normalized spacial score (nSPS) is 10.8. The third-order valence-electron chi connectivity index (χ3n) is 11.0. The molecule has 87 heavy (non-hydrogen) atoms. The largest absolute Gasteiger partial charge is 0.477 e. The van der Waals surface area contributed by atoms with Gasteiger partial charge in [0.1, 0.15) is 56.7 Å². The molecular weight excluding hydrogens is 1170 g/mol. The average molecular weight is 1220 g/mol. The predicted octanol–water partition coefficient (Wildman–Crippen LogP) is 8.79. The first-order valence-electron chi connectivity index (χ1n) is 25.3. The van der Waals surface area contributed by atoms with Gasteiger partial charge in [-0.25, -0.2) is 65.6 Å². The maximum Gasteiger partial charge on any atom is 0.414 e. The molecule has 2 amide bonds. The lowest BCUT2D eigenvalue weighted by Gasteiger charge is -2.20. The van der Waals surface area contributed by atoms with Gasteiger partial charge in [-0.3, -0.25) is 48.8 Å². The van der Waals surface area contributed by atoms with E-state index in [1.807, 2.05) is 0 Å². The fourth-order valence-corrected chi connectivity index (χ4v) is 7.65. The number of nitrogen functional groups attached to an aromatic ring is 1. The summed E-state index contributed by atoms with van der Waals surface area (Å²) in [6.45, 7) is 13.8. The Morgan fingerprint density at radius 1 is 0.460 bits per heavy atom. The van der Waals surface area contributed by atoms with E-state index in [1.54, 1.807) is 47.8 Å². The number of hydrogen-bond acceptors (Lipinski definition) is 18. The molecule has 0 radical (unpaired) electrons. The average Bonchev–Trinajstić information content (AvgIpc) is 1.23. The molecule has 0 spiro atoms. The van der Waals surface area contributed by atoms with Gasteiger partial charge in [-0.05, 0) is 166 Å². The molecule has 0 bridgehead atoms. The Morgan fingerprint density at radius 3 is 1.06 bits per heavy atom. The number of carboxylic acid groups (broad SMARTS) is 1. The van der Waals surface area contributed by atoms with Crippen molar-refractivity contribution >= 4 is 65.1 Å². The van der Waals surface area contributed by atoms with E-state index >= 15 is 0 Å². The Kier molecular flexibility index (Phi) is 22.1. The summed E-state index contributed by atoms with van der Waals surface area (Å²) in [6.07, 6.45) is 4.41. The molecule has 8 aromatic rings. The number of aromatic carboxylic acids is 1. The van der Waals surface area contributed by atoms with Gasteiger partial charge >= 0.3 is 18.2 Å². The summed E-state index contributed by atoms with van der Waals surface area (Å²) in [7, 11) is 0. The highest BCUT2D eigenvalue weighted by Crippen LogP contribution is 2.19. The topological polar surface area (TPSA) is 331 Å². The lowest BCUT2D eigenvalue weighted by molar-refractivity contribution is 0.0622. The number of nitrogens with one attached hydrogen (secondary N) is 2. The number of nitrogens with two attached hydrogens (primary N) is 1. The van der Waals surface area contributed by atoms with Crippen LogP contribution in [-0.4, -0.2) is 96.3 Å². The first kappa shape index (κ1) is 67.1. The van der Waals surface area contributed by atoms with Gasteiger partial charge in [0, 0.05) is 18.6 Å². The molecular formula is C58H55F4N11O13S. The molecule has 0 saturated heterocycles. The summed E-state index contributed by atoms with van der Waals surface area (Å²) in [5, 5.41) is 14.2. The second kappa shape index (κ2) is 28.7. The fraction of sp³-hybridized carbons (Fsp3) is 0.207. The fourth-order valence-electron chi connectivity index (χ4n) is 7.12. The summed E-state index contributed by atoms with van der Waals surface area (Å²) in [5.74, 6) is -5.00. The SMILES string of the molecule is CC(=O)c1cnc(N)n(-c2ccc(F)cc2)c1=O.CC(=O)c1cnc(NC(=O)OC(C)(C)C)n(-c2ccc(F)cc2)c1=O.CC(C)(C)OC(=O)Nc1ncc(C(=O)O)c(=O)n1-c1ccc(F)cc1.CSc1ncc(C(C)=O)c(=O)n1-c1ccc(F)cc1. The van der Waals surface area contributed by atoms with Crippen LogP contribution in [0, 0.1) is 23.3 Å². The number of carbonyl (C=O) groups is 6. The second-order valence-electron chi connectivity index (χ2n) is 19.9. The van der Waals surface area contributed by atoms with Gasteiger partial charge < -0.3 is 20.3 Å². The number of carboxylic acids is 1. The van der Waals surface area contributed by atoms with Crippen LogP contribution in [-0.2, 0) is 9.47 Å². The van der Waals surface area contributed by atoms with Gasteiger partial charge in [0.05, 0.1) is 28.9 Å². The van der Waals surface area contributed by atoms with E-state index in [1.165, 1.54) is 116 Å². The van der Waals surface area contributed by atoms with Crippen molar-refractivity contribution < 1.29 is 60.9 Å².